The minimum atomic E-state index is -0.396. The Hall–Kier alpha value is -1.40. The molecule has 0 fully saturated rings. The van der Waals surface area contributed by atoms with Gasteiger partial charge in [0.05, 0.1) is 17.8 Å². The Morgan fingerprint density at radius 1 is 1.56 bits per heavy atom. The first-order valence-corrected chi connectivity index (χ1v) is 5.19. The summed E-state index contributed by atoms with van der Waals surface area (Å²) in [6.07, 6.45) is 2.52. The topological polar surface area (TPSA) is 61.5 Å². The second-order valence-corrected chi connectivity index (χ2v) is 4.79. The maximum Gasteiger partial charge on any atom is 0.249 e. The highest BCUT2D eigenvalue weighted by Gasteiger charge is 2.28. The molecular weight excluding hydrogens is 208 g/mol. The number of aromatic nitrogens is 2. The molecule has 1 aromatic heterocycles. The monoisotopic (exact) mass is 224 g/mol. The standard InChI is InChI=1S/C10H16N4O2/c1-10(2,3)16-14(7-15)13-5-8-4-11-12-9(8)6-13/h4,7H,5-6H2,1-3H3,(H,11,12). The lowest BCUT2D eigenvalue weighted by atomic mass is 10.2. The van der Waals surface area contributed by atoms with Crippen molar-refractivity contribution < 1.29 is 9.63 Å². The normalized spacial score (nSPS) is 16.2. The van der Waals surface area contributed by atoms with Crippen molar-refractivity contribution in [3.8, 4) is 0 Å². The number of hydrazine groups is 1. The molecule has 6 heteroatoms. The molecule has 1 aromatic rings. The van der Waals surface area contributed by atoms with E-state index in [-0.39, 0.29) is 0 Å². The van der Waals surface area contributed by atoms with E-state index >= 15 is 0 Å². The van der Waals surface area contributed by atoms with E-state index in [0.717, 1.165) is 11.3 Å². The molecule has 1 aliphatic heterocycles. The van der Waals surface area contributed by atoms with Crippen LogP contribution in [0.5, 0.6) is 0 Å². The van der Waals surface area contributed by atoms with Crippen LogP contribution in [0, 0.1) is 0 Å². The van der Waals surface area contributed by atoms with Crippen molar-refractivity contribution in [2.24, 2.45) is 0 Å². The quantitative estimate of drug-likeness (QED) is 0.610. The van der Waals surface area contributed by atoms with Gasteiger partial charge in [-0.2, -0.15) is 10.1 Å². The van der Waals surface area contributed by atoms with Crippen LogP contribution >= 0.6 is 0 Å². The number of nitrogens with one attached hydrogen (secondary N) is 1. The van der Waals surface area contributed by atoms with E-state index in [9.17, 15) is 4.79 Å². The molecular formula is C10H16N4O2. The number of amides is 1. The Kier molecular flexibility index (Phi) is 2.69. The number of hydroxylamine groups is 1. The Labute approximate surface area is 94.1 Å². The average molecular weight is 224 g/mol. The van der Waals surface area contributed by atoms with Crippen molar-refractivity contribution in [3.63, 3.8) is 0 Å². The largest absolute Gasteiger partial charge is 0.285 e. The molecule has 2 heterocycles. The van der Waals surface area contributed by atoms with Gasteiger partial charge in [0, 0.05) is 18.3 Å². The highest BCUT2D eigenvalue weighted by Crippen LogP contribution is 2.23. The molecule has 0 bridgehead atoms. The molecule has 1 aliphatic rings. The van der Waals surface area contributed by atoms with Crippen molar-refractivity contribution >= 4 is 6.41 Å². The Balaban J connectivity index is 2.03. The summed E-state index contributed by atoms with van der Waals surface area (Å²) in [5.41, 5.74) is 1.67. The van der Waals surface area contributed by atoms with Gasteiger partial charge in [-0.3, -0.25) is 9.89 Å². The number of carbonyl (C=O) groups is 1. The maximum atomic E-state index is 11.0. The van der Waals surface area contributed by atoms with Crippen molar-refractivity contribution in [2.45, 2.75) is 39.5 Å². The third-order valence-electron chi connectivity index (χ3n) is 2.23. The van der Waals surface area contributed by atoms with Crippen LogP contribution in [0.25, 0.3) is 0 Å². The zero-order chi connectivity index (χ0) is 11.8. The molecule has 2 rings (SSSR count). The van der Waals surface area contributed by atoms with Crippen LogP contribution in [0.15, 0.2) is 6.20 Å². The van der Waals surface area contributed by atoms with Crippen molar-refractivity contribution in [1.29, 1.82) is 0 Å². The number of hydrogen-bond acceptors (Lipinski definition) is 4. The lowest BCUT2D eigenvalue weighted by Gasteiger charge is -2.32. The summed E-state index contributed by atoms with van der Waals surface area (Å²) in [4.78, 5) is 16.5. The van der Waals surface area contributed by atoms with Gasteiger partial charge in [0.25, 0.3) is 0 Å². The summed E-state index contributed by atoms with van der Waals surface area (Å²) >= 11 is 0. The van der Waals surface area contributed by atoms with E-state index < -0.39 is 5.60 Å². The minimum absolute atomic E-state index is 0.396. The number of carbonyl (C=O) groups excluding carboxylic acids is 1. The molecule has 88 valence electrons. The highest BCUT2D eigenvalue weighted by molar-refractivity contribution is 5.44. The van der Waals surface area contributed by atoms with Crippen LogP contribution in [0.1, 0.15) is 32.0 Å². The van der Waals surface area contributed by atoms with E-state index in [2.05, 4.69) is 10.2 Å². The third-order valence-corrected chi connectivity index (χ3v) is 2.23. The lowest BCUT2D eigenvalue weighted by Crippen LogP contribution is -2.43. The number of rotatable bonds is 3. The van der Waals surface area contributed by atoms with Gasteiger partial charge in [-0.1, -0.05) is 0 Å². The fourth-order valence-corrected chi connectivity index (χ4v) is 1.61. The van der Waals surface area contributed by atoms with Crippen LogP contribution in [-0.2, 0) is 22.7 Å². The van der Waals surface area contributed by atoms with Gasteiger partial charge >= 0.3 is 0 Å². The molecule has 0 spiro atoms. The molecule has 0 aliphatic carbocycles. The predicted molar refractivity (Wildman–Crippen MR) is 56.6 cm³/mol. The van der Waals surface area contributed by atoms with Crippen LogP contribution < -0.4 is 0 Å². The van der Waals surface area contributed by atoms with E-state index in [0.29, 0.717) is 19.5 Å². The van der Waals surface area contributed by atoms with E-state index in [1.165, 1.54) is 5.17 Å². The number of H-pyrrole nitrogens is 1. The third kappa shape index (κ3) is 2.23. The maximum absolute atomic E-state index is 11.0. The molecule has 6 nitrogen and oxygen atoms in total. The summed E-state index contributed by atoms with van der Waals surface area (Å²) in [5.74, 6) is 0. The van der Waals surface area contributed by atoms with Gasteiger partial charge in [-0.05, 0) is 20.8 Å². The molecule has 1 N–H and O–H groups in total. The number of aromatic amines is 1. The van der Waals surface area contributed by atoms with E-state index in [4.69, 9.17) is 4.84 Å². The SMILES string of the molecule is CC(C)(C)ON(C=O)N1Cc2c[nH]nc2C1. The number of nitrogens with zero attached hydrogens (tertiary/aromatic N) is 3. The van der Waals surface area contributed by atoms with Gasteiger partial charge in [-0.25, -0.2) is 4.84 Å². The fraction of sp³-hybridized carbons (Fsp3) is 0.600. The van der Waals surface area contributed by atoms with E-state index in [1.807, 2.05) is 32.0 Å². The zero-order valence-corrected chi connectivity index (χ0v) is 9.73. The van der Waals surface area contributed by atoms with Crippen molar-refractivity contribution in [1.82, 2.24) is 20.4 Å². The first-order valence-electron chi connectivity index (χ1n) is 5.19. The van der Waals surface area contributed by atoms with Crippen LogP contribution in [0.4, 0.5) is 0 Å². The van der Waals surface area contributed by atoms with Crippen molar-refractivity contribution in [3.05, 3.63) is 17.5 Å². The summed E-state index contributed by atoms with van der Waals surface area (Å²) in [5, 5.41) is 9.96. The summed E-state index contributed by atoms with van der Waals surface area (Å²) in [7, 11) is 0. The van der Waals surface area contributed by atoms with Gasteiger partial charge < -0.3 is 0 Å². The summed E-state index contributed by atoms with van der Waals surface area (Å²) < 4.78 is 0. The highest BCUT2D eigenvalue weighted by atomic mass is 16.7. The minimum Gasteiger partial charge on any atom is -0.285 e. The smallest absolute Gasteiger partial charge is 0.249 e. The predicted octanol–water partition coefficient (Wildman–Crippen LogP) is 0.829. The van der Waals surface area contributed by atoms with Gasteiger partial charge in [0.15, 0.2) is 0 Å². The van der Waals surface area contributed by atoms with Crippen LogP contribution in [0.3, 0.4) is 0 Å². The molecule has 0 saturated heterocycles. The molecule has 0 saturated carbocycles. The van der Waals surface area contributed by atoms with Gasteiger partial charge in [0.2, 0.25) is 6.41 Å². The number of hydrogen-bond donors (Lipinski definition) is 1. The first kappa shape index (κ1) is 11.1. The molecule has 0 atom stereocenters. The summed E-state index contributed by atoms with van der Waals surface area (Å²) in [6.45, 7) is 6.94. The van der Waals surface area contributed by atoms with Gasteiger partial charge in [-0.15, -0.1) is 5.17 Å². The van der Waals surface area contributed by atoms with Crippen molar-refractivity contribution in [2.75, 3.05) is 0 Å². The fourth-order valence-electron chi connectivity index (χ4n) is 1.61. The average Bonchev–Trinajstić information content (AvgIpc) is 2.71. The zero-order valence-electron chi connectivity index (χ0n) is 9.73. The second-order valence-electron chi connectivity index (χ2n) is 4.79. The molecule has 0 radical (unpaired) electrons. The van der Waals surface area contributed by atoms with Crippen LogP contribution in [-0.4, -0.2) is 32.4 Å². The van der Waals surface area contributed by atoms with E-state index in [1.54, 1.807) is 0 Å². The molecule has 0 unspecified atom stereocenters. The molecule has 0 aromatic carbocycles. The van der Waals surface area contributed by atoms with Crippen LogP contribution in [0.2, 0.25) is 0 Å². The number of fused-ring (bicyclic) bond motifs is 1. The van der Waals surface area contributed by atoms with Gasteiger partial charge in [0.1, 0.15) is 0 Å². The Bertz CT molecular complexity index is 362. The first-order chi connectivity index (χ1) is 7.49. The lowest BCUT2D eigenvalue weighted by molar-refractivity contribution is -0.303. The molecule has 1 amide bonds. The molecule has 16 heavy (non-hydrogen) atoms. The Morgan fingerprint density at radius 2 is 2.31 bits per heavy atom. The summed E-state index contributed by atoms with van der Waals surface area (Å²) in [6, 6.07) is 0. The Morgan fingerprint density at radius 3 is 2.88 bits per heavy atom. The second kappa shape index (κ2) is 3.88.